The van der Waals surface area contributed by atoms with Gasteiger partial charge in [0.15, 0.2) is 5.76 Å². The van der Waals surface area contributed by atoms with Gasteiger partial charge in [-0.05, 0) is 13.0 Å². The molecule has 0 saturated heterocycles. The van der Waals surface area contributed by atoms with Crippen LogP contribution >= 0.6 is 0 Å². The number of para-hydroxylation sites is 1. The van der Waals surface area contributed by atoms with Crippen LogP contribution in [0.2, 0.25) is 0 Å². The van der Waals surface area contributed by atoms with Gasteiger partial charge in [0.25, 0.3) is 0 Å². The number of halogens is 2. The summed E-state index contributed by atoms with van der Waals surface area (Å²) in [5, 5.41) is 6.85. The van der Waals surface area contributed by atoms with Gasteiger partial charge in [-0.2, -0.15) is 8.78 Å². The molecule has 0 bridgehead atoms. The molecule has 4 nitrogen and oxygen atoms in total. The second kappa shape index (κ2) is 6.29. The molecule has 0 saturated carbocycles. The Bertz CT molecular complexity index is 529. The molecule has 0 atom stereocenters. The fraction of sp³-hybridized carbons (Fsp3) is 0.308. The molecule has 1 heterocycles. The van der Waals surface area contributed by atoms with Gasteiger partial charge in [-0.25, -0.2) is 0 Å². The van der Waals surface area contributed by atoms with Crippen molar-refractivity contribution in [3.8, 4) is 5.75 Å². The molecule has 1 aromatic heterocycles. The van der Waals surface area contributed by atoms with Crippen LogP contribution in [0.25, 0.3) is 0 Å². The maximum Gasteiger partial charge on any atom is 0.387 e. The highest BCUT2D eigenvalue weighted by Crippen LogP contribution is 2.20. The van der Waals surface area contributed by atoms with Crippen LogP contribution in [0.15, 0.2) is 34.9 Å². The van der Waals surface area contributed by atoms with Crippen molar-refractivity contribution in [3.63, 3.8) is 0 Å². The summed E-state index contributed by atoms with van der Waals surface area (Å²) >= 11 is 0. The van der Waals surface area contributed by atoms with E-state index in [9.17, 15) is 8.78 Å². The van der Waals surface area contributed by atoms with Gasteiger partial charge in [0.05, 0.1) is 12.2 Å². The van der Waals surface area contributed by atoms with E-state index in [1.807, 2.05) is 13.0 Å². The Morgan fingerprint density at radius 1 is 1.32 bits per heavy atom. The zero-order valence-electron chi connectivity index (χ0n) is 10.4. The Balaban J connectivity index is 1.92. The predicted molar refractivity (Wildman–Crippen MR) is 64.9 cm³/mol. The second-order valence-corrected chi connectivity index (χ2v) is 4.02. The van der Waals surface area contributed by atoms with Crippen LogP contribution in [-0.2, 0) is 13.1 Å². The molecule has 0 aliphatic rings. The Morgan fingerprint density at radius 3 is 2.79 bits per heavy atom. The lowest BCUT2D eigenvalue weighted by Crippen LogP contribution is -2.14. The number of ether oxygens (including phenoxy) is 1. The van der Waals surface area contributed by atoms with Crippen LogP contribution in [-0.4, -0.2) is 11.8 Å². The van der Waals surface area contributed by atoms with Gasteiger partial charge in [0, 0.05) is 18.2 Å². The molecule has 1 aromatic carbocycles. The van der Waals surface area contributed by atoms with E-state index in [0.717, 1.165) is 5.69 Å². The van der Waals surface area contributed by atoms with E-state index in [2.05, 4.69) is 15.2 Å². The number of rotatable bonds is 6. The summed E-state index contributed by atoms with van der Waals surface area (Å²) in [6.07, 6.45) is 0. The van der Waals surface area contributed by atoms with Crippen molar-refractivity contribution in [1.29, 1.82) is 0 Å². The average molecular weight is 268 g/mol. The molecule has 0 amide bonds. The van der Waals surface area contributed by atoms with Crippen LogP contribution in [0.4, 0.5) is 8.78 Å². The Hall–Kier alpha value is -1.95. The summed E-state index contributed by atoms with van der Waals surface area (Å²) in [6.45, 7) is -0.108. The number of hydrogen-bond acceptors (Lipinski definition) is 4. The molecule has 6 heteroatoms. The van der Waals surface area contributed by atoms with Gasteiger partial charge in [-0.1, -0.05) is 23.4 Å². The smallest absolute Gasteiger partial charge is 0.387 e. The largest absolute Gasteiger partial charge is 0.434 e. The monoisotopic (exact) mass is 268 g/mol. The minimum absolute atomic E-state index is 0.179. The second-order valence-electron chi connectivity index (χ2n) is 4.02. The highest BCUT2D eigenvalue weighted by Gasteiger charge is 2.09. The van der Waals surface area contributed by atoms with Crippen molar-refractivity contribution in [3.05, 3.63) is 47.3 Å². The Labute approximate surface area is 109 Å². The third kappa shape index (κ3) is 4.03. The van der Waals surface area contributed by atoms with Gasteiger partial charge in [-0.15, -0.1) is 0 Å². The van der Waals surface area contributed by atoms with E-state index in [0.29, 0.717) is 24.4 Å². The van der Waals surface area contributed by atoms with E-state index in [4.69, 9.17) is 4.52 Å². The highest BCUT2D eigenvalue weighted by molar-refractivity contribution is 5.33. The summed E-state index contributed by atoms with van der Waals surface area (Å²) in [6, 6.07) is 8.49. The molecule has 2 aromatic rings. The molecule has 102 valence electrons. The van der Waals surface area contributed by atoms with Crippen LogP contribution in [0, 0.1) is 6.92 Å². The van der Waals surface area contributed by atoms with Crippen molar-refractivity contribution >= 4 is 0 Å². The minimum Gasteiger partial charge on any atom is -0.434 e. The third-order valence-corrected chi connectivity index (χ3v) is 2.48. The fourth-order valence-corrected chi connectivity index (χ4v) is 1.68. The molecule has 0 aliphatic heterocycles. The van der Waals surface area contributed by atoms with Crippen molar-refractivity contribution in [2.24, 2.45) is 0 Å². The van der Waals surface area contributed by atoms with Crippen molar-refractivity contribution in [1.82, 2.24) is 10.5 Å². The molecule has 0 radical (unpaired) electrons. The number of aromatic nitrogens is 1. The normalized spacial score (nSPS) is 10.9. The number of nitrogens with zero attached hydrogens (tertiary/aromatic N) is 1. The number of nitrogens with one attached hydrogen (secondary N) is 1. The summed E-state index contributed by atoms with van der Waals surface area (Å²) in [7, 11) is 0. The summed E-state index contributed by atoms with van der Waals surface area (Å²) in [5.41, 5.74) is 1.47. The Morgan fingerprint density at radius 2 is 2.11 bits per heavy atom. The maximum atomic E-state index is 12.2. The molecule has 1 N–H and O–H groups in total. The molecule has 0 aliphatic carbocycles. The number of aryl methyl sites for hydroxylation is 1. The Kier molecular flexibility index (Phi) is 4.46. The first-order chi connectivity index (χ1) is 9.15. The first-order valence-corrected chi connectivity index (χ1v) is 5.81. The zero-order valence-corrected chi connectivity index (χ0v) is 10.4. The molecule has 0 unspecified atom stereocenters. The van der Waals surface area contributed by atoms with E-state index < -0.39 is 6.61 Å². The first kappa shape index (κ1) is 13.5. The summed E-state index contributed by atoms with van der Waals surface area (Å²) in [5.74, 6) is 0.878. The summed E-state index contributed by atoms with van der Waals surface area (Å²) in [4.78, 5) is 0. The molecule has 2 rings (SSSR count). The maximum absolute atomic E-state index is 12.2. The number of benzene rings is 1. The topological polar surface area (TPSA) is 47.3 Å². The van der Waals surface area contributed by atoms with E-state index in [1.54, 1.807) is 18.2 Å². The molecular weight excluding hydrogens is 254 g/mol. The summed E-state index contributed by atoms with van der Waals surface area (Å²) < 4.78 is 33.9. The van der Waals surface area contributed by atoms with Gasteiger partial charge in [0.2, 0.25) is 0 Å². The van der Waals surface area contributed by atoms with Gasteiger partial charge in [-0.3, -0.25) is 0 Å². The van der Waals surface area contributed by atoms with E-state index in [-0.39, 0.29) is 5.75 Å². The van der Waals surface area contributed by atoms with Crippen LogP contribution in [0.3, 0.4) is 0 Å². The third-order valence-electron chi connectivity index (χ3n) is 2.48. The average Bonchev–Trinajstić information content (AvgIpc) is 2.77. The lowest BCUT2D eigenvalue weighted by molar-refractivity contribution is -0.0505. The number of hydrogen-bond donors (Lipinski definition) is 1. The van der Waals surface area contributed by atoms with E-state index in [1.165, 1.54) is 6.07 Å². The first-order valence-electron chi connectivity index (χ1n) is 5.81. The minimum atomic E-state index is -2.82. The molecule has 0 fully saturated rings. The van der Waals surface area contributed by atoms with Crippen molar-refractivity contribution < 1.29 is 18.0 Å². The van der Waals surface area contributed by atoms with Crippen LogP contribution in [0.5, 0.6) is 5.75 Å². The van der Waals surface area contributed by atoms with Gasteiger partial charge >= 0.3 is 6.61 Å². The molecular formula is C13H14F2N2O2. The predicted octanol–water partition coefficient (Wildman–Crippen LogP) is 2.87. The van der Waals surface area contributed by atoms with Crippen LogP contribution in [0.1, 0.15) is 17.0 Å². The molecule has 19 heavy (non-hydrogen) atoms. The lowest BCUT2D eigenvalue weighted by atomic mass is 10.2. The quantitative estimate of drug-likeness (QED) is 0.875. The zero-order chi connectivity index (χ0) is 13.7. The lowest BCUT2D eigenvalue weighted by Gasteiger charge is -2.10. The van der Waals surface area contributed by atoms with Gasteiger partial charge in [0.1, 0.15) is 5.75 Å². The SMILES string of the molecule is Cc1cc(CNCc2ccccc2OC(F)F)on1. The van der Waals surface area contributed by atoms with Gasteiger partial charge < -0.3 is 14.6 Å². The molecule has 0 spiro atoms. The van der Waals surface area contributed by atoms with Crippen molar-refractivity contribution in [2.45, 2.75) is 26.6 Å². The standard InChI is InChI=1S/C13H14F2N2O2/c1-9-6-11(19-17-9)8-16-7-10-4-2-3-5-12(10)18-13(14)15/h2-6,13,16H,7-8H2,1H3. The highest BCUT2D eigenvalue weighted by atomic mass is 19.3. The van der Waals surface area contributed by atoms with Crippen molar-refractivity contribution in [2.75, 3.05) is 0 Å². The number of alkyl halides is 2. The van der Waals surface area contributed by atoms with Crippen LogP contribution < -0.4 is 10.1 Å². The van der Waals surface area contributed by atoms with E-state index >= 15 is 0 Å². The fourth-order valence-electron chi connectivity index (χ4n) is 1.68.